The maximum absolute atomic E-state index is 9.08. The van der Waals surface area contributed by atoms with Crippen LogP contribution in [0.1, 0.15) is 19.4 Å². The van der Waals surface area contributed by atoms with Gasteiger partial charge < -0.3 is 19.9 Å². The van der Waals surface area contributed by atoms with Crippen LogP contribution in [0.4, 0.5) is 0 Å². The number of aliphatic hydroxyl groups excluding tert-OH is 1. The highest BCUT2D eigenvalue weighted by atomic mass is 16.5. The van der Waals surface area contributed by atoms with Crippen molar-refractivity contribution in [1.29, 1.82) is 0 Å². The van der Waals surface area contributed by atoms with E-state index in [1.807, 2.05) is 25.1 Å². The summed E-state index contributed by atoms with van der Waals surface area (Å²) in [7, 11) is 3.26. The molecule has 0 bridgehead atoms. The average Bonchev–Trinajstić information content (AvgIpc) is 2.43. The second-order valence-electron chi connectivity index (χ2n) is 4.52. The molecule has 4 heteroatoms. The fourth-order valence-electron chi connectivity index (χ4n) is 1.63. The van der Waals surface area contributed by atoms with Crippen molar-refractivity contribution < 1.29 is 14.6 Å². The van der Waals surface area contributed by atoms with Gasteiger partial charge in [0.2, 0.25) is 0 Å². The molecule has 0 fully saturated rings. The number of benzene rings is 1. The van der Waals surface area contributed by atoms with E-state index in [4.69, 9.17) is 14.6 Å². The van der Waals surface area contributed by atoms with Crippen LogP contribution < -0.4 is 14.8 Å². The fourth-order valence-corrected chi connectivity index (χ4v) is 1.63. The fraction of sp³-hybridized carbons (Fsp3) is 0.571. The van der Waals surface area contributed by atoms with Crippen molar-refractivity contribution in [1.82, 2.24) is 5.32 Å². The van der Waals surface area contributed by atoms with Gasteiger partial charge in [-0.05, 0) is 30.5 Å². The van der Waals surface area contributed by atoms with Crippen molar-refractivity contribution in [3.8, 4) is 11.5 Å². The standard InChI is InChI=1S/C14H23NO3/c1-10(9-16)11(2)15-8-12-5-6-13(17-3)14(7-12)18-4/h5-7,10-11,15-16H,8-9H2,1-4H3. The summed E-state index contributed by atoms with van der Waals surface area (Å²) < 4.78 is 10.5. The van der Waals surface area contributed by atoms with Gasteiger partial charge in [0.25, 0.3) is 0 Å². The van der Waals surface area contributed by atoms with Gasteiger partial charge in [-0.2, -0.15) is 0 Å². The van der Waals surface area contributed by atoms with Crippen LogP contribution in [0.25, 0.3) is 0 Å². The smallest absolute Gasteiger partial charge is 0.161 e. The van der Waals surface area contributed by atoms with E-state index in [0.29, 0.717) is 0 Å². The SMILES string of the molecule is COc1ccc(CNC(C)C(C)CO)cc1OC. The first kappa shape index (κ1) is 14.8. The first-order valence-corrected chi connectivity index (χ1v) is 6.17. The molecule has 0 aliphatic heterocycles. The molecule has 18 heavy (non-hydrogen) atoms. The van der Waals surface area contributed by atoms with Crippen LogP contribution in [0.5, 0.6) is 11.5 Å². The van der Waals surface area contributed by atoms with E-state index < -0.39 is 0 Å². The highest BCUT2D eigenvalue weighted by molar-refractivity contribution is 5.42. The monoisotopic (exact) mass is 253 g/mol. The molecule has 1 aromatic carbocycles. The van der Waals surface area contributed by atoms with E-state index in [-0.39, 0.29) is 18.6 Å². The first-order valence-electron chi connectivity index (χ1n) is 6.17. The topological polar surface area (TPSA) is 50.7 Å². The summed E-state index contributed by atoms with van der Waals surface area (Å²) in [4.78, 5) is 0. The number of hydrogen-bond donors (Lipinski definition) is 2. The highest BCUT2D eigenvalue weighted by Gasteiger charge is 2.11. The Bertz CT molecular complexity index is 368. The molecule has 4 nitrogen and oxygen atoms in total. The maximum Gasteiger partial charge on any atom is 0.161 e. The second-order valence-corrected chi connectivity index (χ2v) is 4.52. The van der Waals surface area contributed by atoms with Gasteiger partial charge >= 0.3 is 0 Å². The predicted molar refractivity (Wildman–Crippen MR) is 72.1 cm³/mol. The highest BCUT2D eigenvalue weighted by Crippen LogP contribution is 2.27. The molecule has 1 rings (SSSR count). The van der Waals surface area contributed by atoms with E-state index in [1.54, 1.807) is 14.2 Å². The van der Waals surface area contributed by atoms with Crippen molar-refractivity contribution in [3.63, 3.8) is 0 Å². The molecule has 0 amide bonds. The summed E-state index contributed by atoms with van der Waals surface area (Å²) in [6, 6.07) is 6.13. The number of hydrogen-bond acceptors (Lipinski definition) is 4. The van der Waals surface area contributed by atoms with Crippen molar-refractivity contribution in [2.24, 2.45) is 5.92 Å². The summed E-state index contributed by atoms with van der Waals surface area (Å²) >= 11 is 0. The number of aliphatic hydroxyl groups is 1. The van der Waals surface area contributed by atoms with Crippen LogP contribution >= 0.6 is 0 Å². The van der Waals surface area contributed by atoms with Crippen LogP contribution in [0, 0.1) is 5.92 Å². The molecule has 0 aromatic heterocycles. The zero-order chi connectivity index (χ0) is 13.5. The zero-order valence-corrected chi connectivity index (χ0v) is 11.6. The molecule has 2 N–H and O–H groups in total. The average molecular weight is 253 g/mol. The van der Waals surface area contributed by atoms with Gasteiger partial charge in [-0.1, -0.05) is 13.0 Å². The molecule has 0 spiro atoms. The normalized spacial score (nSPS) is 14.1. The molecule has 1 aromatic rings. The largest absolute Gasteiger partial charge is 0.493 e. The summed E-state index contributed by atoms with van der Waals surface area (Å²) in [5.41, 5.74) is 1.13. The number of methoxy groups -OCH3 is 2. The molecule has 0 saturated heterocycles. The van der Waals surface area contributed by atoms with Crippen molar-refractivity contribution in [2.45, 2.75) is 26.4 Å². The van der Waals surface area contributed by atoms with Crippen molar-refractivity contribution >= 4 is 0 Å². The Labute approximate surface area is 109 Å². The second kappa shape index (κ2) is 7.24. The Morgan fingerprint density at radius 2 is 1.83 bits per heavy atom. The summed E-state index contributed by atoms with van der Waals surface area (Å²) in [5.74, 6) is 1.71. The number of rotatable bonds is 7. The molecule has 0 aliphatic carbocycles. The molecule has 0 aliphatic rings. The Hall–Kier alpha value is -1.26. The number of nitrogens with one attached hydrogen (secondary N) is 1. The predicted octanol–water partition coefficient (Wildman–Crippen LogP) is 1.81. The van der Waals surface area contributed by atoms with Gasteiger partial charge in [0.1, 0.15) is 0 Å². The van der Waals surface area contributed by atoms with Crippen LogP contribution in [0.2, 0.25) is 0 Å². The Kier molecular flexibility index (Phi) is 5.95. The quantitative estimate of drug-likeness (QED) is 0.778. The lowest BCUT2D eigenvalue weighted by Gasteiger charge is -2.19. The van der Waals surface area contributed by atoms with Gasteiger partial charge in [-0.3, -0.25) is 0 Å². The molecular weight excluding hydrogens is 230 g/mol. The summed E-state index contributed by atoms with van der Waals surface area (Å²) in [6.07, 6.45) is 0. The van der Waals surface area contributed by atoms with Gasteiger partial charge in [0, 0.05) is 19.2 Å². The van der Waals surface area contributed by atoms with E-state index in [1.165, 1.54) is 0 Å². The molecule has 0 radical (unpaired) electrons. The molecular formula is C14H23NO3. The van der Waals surface area contributed by atoms with Crippen LogP contribution in [0.15, 0.2) is 18.2 Å². The van der Waals surface area contributed by atoms with E-state index in [9.17, 15) is 0 Å². The van der Waals surface area contributed by atoms with E-state index in [0.717, 1.165) is 23.6 Å². The van der Waals surface area contributed by atoms with Crippen LogP contribution in [0.3, 0.4) is 0 Å². The van der Waals surface area contributed by atoms with Crippen molar-refractivity contribution in [2.75, 3.05) is 20.8 Å². The summed E-state index contributed by atoms with van der Waals surface area (Å²) in [5, 5.41) is 12.5. The zero-order valence-electron chi connectivity index (χ0n) is 11.6. The van der Waals surface area contributed by atoms with Gasteiger partial charge in [-0.25, -0.2) is 0 Å². The van der Waals surface area contributed by atoms with E-state index in [2.05, 4.69) is 12.2 Å². The Balaban J connectivity index is 2.63. The lowest BCUT2D eigenvalue weighted by atomic mass is 10.0. The lowest BCUT2D eigenvalue weighted by molar-refractivity contribution is 0.207. The third-order valence-corrected chi connectivity index (χ3v) is 3.22. The Morgan fingerprint density at radius 3 is 2.39 bits per heavy atom. The van der Waals surface area contributed by atoms with Crippen LogP contribution in [-0.2, 0) is 6.54 Å². The first-order chi connectivity index (χ1) is 8.62. The summed E-state index contributed by atoms with van der Waals surface area (Å²) in [6.45, 7) is 5.03. The van der Waals surface area contributed by atoms with Gasteiger partial charge in [-0.15, -0.1) is 0 Å². The van der Waals surface area contributed by atoms with Gasteiger partial charge in [0.05, 0.1) is 14.2 Å². The number of ether oxygens (including phenoxy) is 2. The third-order valence-electron chi connectivity index (χ3n) is 3.22. The van der Waals surface area contributed by atoms with Crippen molar-refractivity contribution in [3.05, 3.63) is 23.8 Å². The maximum atomic E-state index is 9.08. The molecule has 0 heterocycles. The molecule has 102 valence electrons. The molecule has 0 saturated carbocycles. The third kappa shape index (κ3) is 3.89. The minimum absolute atomic E-state index is 0.195. The van der Waals surface area contributed by atoms with Gasteiger partial charge in [0.15, 0.2) is 11.5 Å². The molecule has 2 unspecified atom stereocenters. The lowest BCUT2D eigenvalue weighted by Crippen LogP contribution is -2.33. The minimum Gasteiger partial charge on any atom is -0.493 e. The Morgan fingerprint density at radius 1 is 1.17 bits per heavy atom. The van der Waals surface area contributed by atoms with Crippen LogP contribution in [-0.4, -0.2) is 32.0 Å². The molecule has 2 atom stereocenters. The van der Waals surface area contributed by atoms with E-state index >= 15 is 0 Å². The minimum atomic E-state index is 0.195.